The average Bonchev–Trinajstić information content (AvgIpc) is 2.46. The first kappa shape index (κ1) is 10.4. The van der Waals surface area contributed by atoms with Crippen molar-refractivity contribution in [3.8, 4) is 0 Å². The summed E-state index contributed by atoms with van der Waals surface area (Å²) in [6, 6.07) is -0.841. The van der Waals surface area contributed by atoms with Crippen LogP contribution in [0.1, 0.15) is 13.8 Å². The van der Waals surface area contributed by atoms with Crippen LogP contribution in [0.4, 0.5) is 4.39 Å². The average molecular weight is 213 g/mol. The Morgan fingerprint density at radius 1 is 1.40 bits per heavy atom. The number of azide groups is 1. The zero-order chi connectivity index (χ0) is 11.1. The van der Waals surface area contributed by atoms with Crippen LogP contribution in [0.15, 0.2) is 17.3 Å². The molecule has 0 aromatic rings. The van der Waals surface area contributed by atoms with Gasteiger partial charge in [0, 0.05) is 4.91 Å². The smallest absolute Gasteiger partial charge is 0.164 e. The molecule has 1 aliphatic heterocycles. The van der Waals surface area contributed by atoms with Gasteiger partial charge >= 0.3 is 0 Å². The van der Waals surface area contributed by atoms with E-state index in [1.807, 2.05) is 0 Å². The number of hydrogen-bond donors (Lipinski definition) is 0. The highest BCUT2D eigenvalue weighted by molar-refractivity contribution is 5.13. The molecule has 5 nitrogen and oxygen atoms in total. The number of halogens is 1. The van der Waals surface area contributed by atoms with Crippen molar-refractivity contribution in [3.05, 3.63) is 22.6 Å². The highest BCUT2D eigenvalue weighted by Crippen LogP contribution is 2.36. The zero-order valence-electron chi connectivity index (χ0n) is 8.50. The van der Waals surface area contributed by atoms with Crippen LogP contribution in [-0.4, -0.2) is 30.2 Å². The predicted octanol–water partition coefficient (Wildman–Crippen LogP) is 2.09. The van der Waals surface area contributed by atoms with Gasteiger partial charge in [0.1, 0.15) is 24.4 Å². The molecule has 2 rings (SSSR count). The van der Waals surface area contributed by atoms with Crippen molar-refractivity contribution < 1.29 is 13.9 Å². The Morgan fingerprint density at radius 2 is 2.13 bits per heavy atom. The largest absolute Gasteiger partial charge is 0.344 e. The third-order valence-electron chi connectivity index (χ3n) is 2.50. The van der Waals surface area contributed by atoms with E-state index in [1.54, 1.807) is 19.9 Å². The van der Waals surface area contributed by atoms with Crippen LogP contribution in [0.5, 0.6) is 0 Å². The van der Waals surface area contributed by atoms with Crippen LogP contribution in [0, 0.1) is 0 Å². The molecule has 1 fully saturated rings. The van der Waals surface area contributed by atoms with Gasteiger partial charge < -0.3 is 9.47 Å². The zero-order valence-corrected chi connectivity index (χ0v) is 8.50. The molecule has 15 heavy (non-hydrogen) atoms. The van der Waals surface area contributed by atoms with Crippen molar-refractivity contribution in [1.29, 1.82) is 0 Å². The minimum absolute atomic E-state index is 0.331. The number of rotatable bonds is 1. The summed E-state index contributed by atoms with van der Waals surface area (Å²) in [6.07, 6.45) is 0.803. The van der Waals surface area contributed by atoms with E-state index in [4.69, 9.17) is 15.0 Å². The first-order valence-electron chi connectivity index (χ1n) is 4.76. The van der Waals surface area contributed by atoms with Crippen LogP contribution in [0.2, 0.25) is 0 Å². The lowest BCUT2D eigenvalue weighted by atomic mass is 9.95. The molecule has 0 bridgehead atoms. The fraction of sp³-hybridized carbons (Fsp3) is 0.778. The highest BCUT2D eigenvalue weighted by atomic mass is 19.1. The molecule has 0 saturated carbocycles. The molecule has 1 heterocycles. The molecule has 2 aliphatic rings. The van der Waals surface area contributed by atoms with Crippen molar-refractivity contribution in [2.75, 3.05) is 0 Å². The van der Waals surface area contributed by atoms with E-state index in [9.17, 15) is 4.39 Å². The van der Waals surface area contributed by atoms with Gasteiger partial charge in [-0.3, -0.25) is 0 Å². The van der Waals surface area contributed by atoms with Crippen molar-refractivity contribution in [3.63, 3.8) is 0 Å². The van der Waals surface area contributed by atoms with Crippen molar-refractivity contribution in [1.82, 2.24) is 0 Å². The van der Waals surface area contributed by atoms with E-state index < -0.39 is 24.1 Å². The second kappa shape index (κ2) is 3.48. The maximum Gasteiger partial charge on any atom is 0.164 e. The summed E-state index contributed by atoms with van der Waals surface area (Å²) < 4.78 is 24.5. The maximum absolute atomic E-state index is 13.4. The van der Waals surface area contributed by atoms with Gasteiger partial charge in [-0.05, 0) is 19.4 Å². The minimum atomic E-state index is -1.31. The SMILES string of the molecule is CC1(C)O[C@H]2[C@@H](N=[N+]=[N-])[C@@H](F)C=C[C@H]2O1. The maximum atomic E-state index is 13.4. The van der Waals surface area contributed by atoms with Gasteiger partial charge in [-0.15, -0.1) is 0 Å². The van der Waals surface area contributed by atoms with E-state index in [1.165, 1.54) is 6.08 Å². The number of ether oxygens (including phenoxy) is 2. The van der Waals surface area contributed by atoms with Gasteiger partial charge in [0.25, 0.3) is 0 Å². The Labute approximate surface area is 86.5 Å². The summed E-state index contributed by atoms with van der Waals surface area (Å²) in [4.78, 5) is 2.63. The number of hydrogen-bond acceptors (Lipinski definition) is 3. The third-order valence-corrected chi connectivity index (χ3v) is 2.50. The molecule has 1 saturated heterocycles. The van der Waals surface area contributed by atoms with E-state index >= 15 is 0 Å². The Bertz CT molecular complexity index is 338. The van der Waals surface area contributed by atoms with Gasteiger partial charge in [-0.2, -0.15) is 0 Å². The van der Waals surface area contributed by atoms with E-state index in [2.05, 4.69) is 10.0 Å². The van der Waals surface area contributed by atoms with Crippen LogP contribution in [-0.2, 0) is 9.47 Å². The summed E-state index contributed by atoms with van der Waals surface area (Å²) in [7, 11) is 0. The molecule has 82 valence electrons. The lowest BCUT2D eigenvalue weighted by molar-refractivity contribution is -0.145. The Morgan fingerprint density at radius 3 is 2.80 bits per heavy atom. The predicted molar refractivity (Wildman–Crippen MR) is 50.8 cm³/mol. The first-order chi connectivity index (χ1) is 7.03. The van der Waals surface area contributed by atoms with Gasteiger partial charge in [0.05, 0.1) is 0 Å². The molecular formula is C9H12FN3O2. The second-order valence-corrected chi connectivity index (χ2v) is 4.09. The highest BCUT2D eigenvalue weighted by Gasteiger charge is 2.47. The minimum Gasteiger partial charge on any atom is -0.344 e. The van der Waals surface area contributed by atoms with Crippen LogP contribution in [0.3, 0.4) is 0 Å². The van der Waals surface area contributed by atoms with Crippen LogP contribution >= 0.6 is 0 Å². The van der Waals surface area contributed by atoms with Gasteiger partial charge in [-0.1, -0.05) is 17.3 Å². The van der Waals surface area contributed by atoms with Crippen molar-refractivity contribution in [2.24, 2.45) is 5.11 Å². The molecule has 0 aromatic carbocycles. The van der Waals surface area contributed by atoms with Crippen molar-refractivity contribution in [2.45, 2.75) is 44.1 Å². The topological polar surface area (TPSA) is 67.2 Å². The molecule has 6 heteroatoms. The Kier molecular flexibility index (Phi) is 2.42. The lowest BCUT2D eigenvalue weighted by Gasteiger charge is -2.26. The first-order valence-corrected chi connectivity index (χ1v) is 4.76. The molecular weight excluding hydrogens is 201 g/mol. The van der Waals surface area contributed by atoms with Gasteiger partial charge in [0.15, 0.2) is 5.79 Å². The number of fused-ring (bicyclic) bond motifs is 1. The monoisotopic (exact) mass is 213 g/mol. The molecule has 1 aliphatic carbocycles. The van der Waals surface area contributed by atoms with E-state index in [0.29, 0.717) is 0 Å². The summed E-state index contributed by atoms with van der Waals surface area (Å²) >= 11 is 0. The lowest BCUT2D eigenvalue weighted by Crippen LogP contribution is -2.41. The molecule has 0 unspecified atom stereocenters. The van der Waals surface area contributed by atoms with Crippen LogP contribution in [0.25, 0.3) is 10.4 Å². The normalized spacial score (nSPS) is 42.1. The summed E-state index contributed by atoms with van der Waals surface area (Å²) in [6.45, 7) is 3.50. The Hall–Kier alpha value is -1.10. The van der Waals surface area contributed by atoms with Crippen LogP contribution < -0.4 is 0 Å². The third kappa shape index (κ3) is 1.84. The van der Waals surface area contributed by atoms with Crippen molar-refractivity contribution >= 4 is 0 Å². The summed E-state index contributed by atoms with van der Waals surface area (Å²) in [5.74, 6) is -0.757. The molecule has 4 atom stereocenters. The number of alkyl halides is 1. The van der Waals surface area contributed by atoms with Gasteiger partial charge in [0.2, 0.25) is 0 Å². The van der Waals surface area contributed by atoms with Gasteiger partial charge in [-0.25, -0.2) is 4.39 Å². The fourth-order valence-corrected chi connectivity index (χ4v) is 1.93. The number of nitrogens with zero attached hydrogens (tertiary/aromatic N) is 3. The fourth-order valence-electron chi connectivity index (χ4n) is 1.93. The molecule has 0 radical (unpaired) electrons. The summed E-state index contributed by atoms with van der Waals surface area (Å²) in [5, 5.41) is 3.42. The Balaban J connectivity index is 2.26. The summed E-state index contributed by atoms with van der Waals surface area (Å²) in [5.41, 5.74) is 8.36. The molecule has 0 spiro atoms. The molecule has 0 N–H and O–H groups in total. The standard InChI is InChI=1S/C9H12FN3O2/c1-9(2)14-6-4-3-5(10)7(12-13-11)8(6)15-9/h3-8H,1-2H3/t5-,6+,7-,8+/m0/s1. The molecule has 0 amide bonds. The molecule has 0 aromatic heterocycles. The van der Waals surface area contributed by atoms with E-state index in [0.717, 1.165) is 0 Å². The quantitative estimate of drug-likeness (QED) is 0.289. The van der Waals surface area contributed by atoms with E-state index in [-0.39, 0.29) is 6.10 Å². The second-order valence-electron chi connectivity index (χ2n) is 4.09.